The normalized spacial score (nSPS) is 12.7. The van der Waals surface area contributed by atoms with Gasteiger partial charge in [0.05, 0.1) is 11.0 Å². The maximum absolute atomic E-state index is 6.39. The van der Waals surface area contributed by atoms with Crippen molar-refractivity contribution in [2.75, 3.05) is 0 Å². The molecule has 0 atom stereocenters. The largest absolute Gasteiger partial charge is 0.456 e. The number of fused-ring (bicyclic) bond motifs is 2. The molecule has 0 bridgehead atoms. The van der Waals surface area contributed by atoms with Crippen molar-refractivity contribution in [3.63, 3.8) is 0 Å². The van der Waals surface area contributed by atoms with Gasteiger partial charge in [-0.15, -0.1) is 0 Å². The van der Waals surface area contributed by atoms with Crippen molar-refractivity contribution in [3.8, 4) is 17.3 Å². The molecule has 0 fully saturated rings. The maximum Gasteiger partial charge on any atom is 0.238 e. The molecule has 6 aromatic carbocycles. The average molecular weight is 541 g/mol. The summed E-state index contributed by atoms with van der Waals surface area (Å²) < 4.78 is 8.60. The van der Waals surface area contributed by atoms with Crippen LogP contribution >= 0.6 is 0 Å². The zero-order valence-corrected chi connectivity index (χ0v) is 23.1. The van der Waals surface area contributed by atoms with Gasteiger partial charge in [-0.05, 0) is 65.2 Å². The molecule has 0 spiro atoms. The van der Waals surface area contributed by atoms with Crippen LogP contribution in [0.15, 0.2) is 114 Å². The zero-order valence-electron chi connectivity index (χ0n) is 23.1. The predicted octanol–water partition coefficient (Wildman–Crippen LogP) is 9.70. The highest BCUT2D eigenvalue weighted by Crippen LogP contribution is 2.45. The number of benzene rings is 5. The van der Waals surface area contributed by atoms with E-state index in [4.69, 9.17) is 19.4 Å². The van der Waals surface area contributed by atoms with Gasteiger partial charge in [0.15, 0.2) is 11.6 Å². The van der Waals surface area contributed by atoms with E-state index in [9.17, 15) is 0 Å². The number of furan rings is 1. The predicted molar refractivity (Wildman–Crippen MR) is 172 cm³/mol. The van der Waals surface area contributed by atoms with Gasteiger partial charge in [-0.1, -0.05) is 84.9 Å². The van der Waals surface area contributed by atoms with Crippen molar-refractivity contribution in [1.82, 2.24) is 19.5 Å². The lowest BCUT2D eigenvalue weighted by Crippen LogP contribution is -2.07. The summed E-state index contributed by atoms with van der Waals surface area (Å²) in [5, 5.41) is 9.37. The molecule has 42 heavy (non-hydrogen) atoms. The van der Waals surface area contributed by atoms with E-state index in [2.05, 4.69) is 77.4 Å². The highest BCUT2D eigenvalue weighted by molar-refractivity contribution is 6.36. The van der Waals surface area contributed by atoms with Crippen LogP contribution in [0.2, 0.25) is 0 Å². The van der Waals surface area contributed by atoms with E-state index in [1.165, 1.54) is 32.3 Å². The smallest absolute Gasteiger partial charge is 0.238 e. The minimum absolute atomic E-state index is 0.604. The first-order valence-electron chi connectivity index (χ1n) is 14.2. The fourth-order valence-electron chi connectivity index (χ4n) is 6.57. The highest BCUT2D eigenvalue weighted by Gasteiger charge is 2.22. The monoisotopic (exact) mass is 540 g/mol. The standard InChI is InChI=1S/C37H24N4O/c1-3-21(2)35-38-36(22-11-5-4-6-12-22)40-37(39-35)41-27-17-7-13-23-25-15-9-19-29-33(25)34-26(16-10-20-30(34)42-29)24-14-8-18-28(41)32(24)31(23)27/h3-20H,1-2H3/b21-3+,25-23?,26-24?. The average Bonchev–Trinajstić information content (AvgIpc) is 3.60. The number of rotatable bonds is 3. The van der Waals surface area contributed by atoms with Gasteiger partial charge < -0.3 is 4.42 Å². The molecular weight excluding hydrogens is 516 g/mol. The molecule has 0 amide bonds. The van der Waals surface area contributed by atoms with Gasteiger partial charge in [-0.3, -0.25) is 4.57 Å². The Labute approximate surface area is 240 Å². The van der Waals surface area contributed by atoms with E-state index in [0.717, 1.165) is 44.1 Å². The third kappa shape index (κ3) is 3.05. The molecule has 3 heterocycles. The van der Waals surface area contributed by atoms with E-state index in [0.29, 0.717) is 17.6 Å². The number of hydrogen-bond acceptors (Lipinski definition) is 4. The summed E-state index contributed by atoms with van der Waals surface area (Å²) in [6.45, 7) is 4.06. The van der Waals surface area contributed by atoms with Crippen LogP contribution in [0.5, 0.6) is 0 Å². The van der Waals surface area contributed by atoms with Crippen LogP contribution in [-0.2, 0) is 0 Å². The third-order valence-electron chi connectivity index (χ3n) is 8.56. The summed E-state index contributed by atoms with van der Waals surface area (Å²) >= 11 is 0. The molecule has 5 heteroatoms. The van der Waals surface area contributed by atoms with E-state index >= 15 is 0 Å². The number of hydrogen-bond donors (Lipinski definition) is 0. The van der Waals surface area contributed by atoms with Gasteiger partial charge in [-0.2, -0.15) is 9.97 Å². The molecule has 9 aromatic rings. The first-order chi connectivity index (χ1) is 20.7. The molecule has 0 aliphatic heterocycles. The number of aromatic nitrogens is 4. The van der Waals surface area contributed by atoms with Crippen LogP contribution in [0.3, 0.4) is 0 Å². The Kier molecular flexibility index (Phi) is 4.68. The fraction of sp³-hybridized carbons (Fsp3) is 0.0541. The molecule has 0 saturated heterocycles. The van der Waals surface area contributed by atoms with Gasteiger partial charge in [0, 0.05) is 27.1 Å². The van der Waals surface area contributed by atoms with E-state index in [1.54, 1.807) is 0 Å². The molecular formula is C37H24N4O. The molecule has 9 rings (SSSR count). The summed E-state index contributed by atoms with van der Waals surface area (Å²) in [6.07, 6.45) is 2.04. The van der Waals surface area contributed by atoms with Crippen molar-refractivity contribution < 1.29 is 4.42 Å². The molecule has 0 saturated carbocycles. The Bertz CT molecular complexity index is 2410. The maximum atomic E-state index is 6.39. The Balaban J connectivity index is 1.52. The van der Waals surface area contributed by atoms with Crippen LogP contribution in [0, 0.1) is 0 Å². The van der Waals surface area contributed by atoms with Crippen molar-refractivity contribution >= 4 is 70.9 Å². The minimum Gasteiger partial charge on any atom is -0.456 e. The van der Waals surface area contributed by atoms with Crippen LogP contribution in [0.25, 0.3) is 88.2 Å². The Morgan fingerprint density at radius 2 is 1.14 bits per heavy atom. The molecule has 5 nitrogen and oxygen atoms in total. The lowest BCUT2D eigenvalue weighted by atomic mass is 9.95. The Hall–Kier alpha value is -5.55. The molecule has 0 aliphatic carbocycles. The molecule has 0 unspecified atom stereocenters. The summed E-state index contributed by atoms with van der Waals surface area (Å²) in [5.74, 6) is 1.93. The van der Waals surface area contributed by atoms with Gasteiger partial charge >= 0.3 is 0 Å². The Morgan fingerprint density at radius 1 is 0.595 bits per heavy atom. The quantitative estimate of drug-likeness (QED) is 0.224. The van der Waals surface area contributed by atoms with Crippen molar-refractivity contribution in [2.45, 2.75) is 13.8 Å². The molecule has 0 radical (unpaired) electrons. The summed E-state index contributed by atoms with van der Waals surface area (Å²) in [4.78, 5) is 15.0. The second-order valence-electron chi connectivity index (χ2n) is 10.8. The van der Waals surface area contributed by atoms with Gasteiger partial charge in [-0.25, -0.2) is 4.98 Å². The zero-order chi connectivity index (χ0) is 27.9. The van der Waals surface area contributed by atoms with Crippen molar-refractivity contribution in [1.29, 1.82) is 0 Å². The van der Waals surface area contributed by atoms with Crippen LogP contribution in [0.1, 0.15) is 19.7 Å². The van der Waals surface area contributed by atoms with Gasteiger partial charge in [0.1, 0.15) is 11.2 Å². The number of nitrogens with zero attached hydrogens (tertiary/aromatic N) is 4. The lowest BCUT2D eigenvalue weighted by Gasteiger charge is -2.11. The summed E-state index contributed by atoms with van der Waals surface area (Å²) in [5.41, 5.74) is 5.87. The fourth-order valence-corrected chi connectivity index (χ4v) is 6.57. The lowest BCUT2D eigenvalue weighted by molar-refractivity contribution is 0.669. The van der Waals surface area contributed by atoms with Crippen LogP contribution < -0.4 is 0 Å². The molecule has 0 N–H and O–H groups in total. The second-order valence-corrected chi connectivity index (χ2v) is 10.8. The Morgan fingerprint density at radius 3 is 1.71 bits per heavy atom. The topological polar surface area (TPSA) is 56.7 Å². The minimum atomic E-state index is 0.604. The van der Waals surface area contributed by atoms with Crippen LogP contribution in [0.4, 0.5) is 0 Å². The number of allylic oxidation sites excluding steroid dienone is 2. The first kappa shape index (κ1) is 23.2. The van der Waals surface area contributed by atoms with Gasteiger partial charge in [0.2, 0.25) is 5.95 Å². The van der Waals surface area contributed by atoms with Crippen LogP contribution in [-0.4, -0.2) is 19.5 Å². The van der Waals surface area contributed by atoms with E-state index in [-0.39, 0.29) is 0 Å². The highest BCUT2D eigenvalue weighted by atomic mass is 16.3. The summed E-state index contributed by atoms with van der Waals surface area (Å²) in [7, 11) is 0. The van der Waals surface area contributed by atoms with E-state index < -0.39 is 0 Å². The molecule has 198 valence electrons. The first-order valence-corrected chi connectivity index (χ1v) is 14.2. The van der Waals surface area contributed by atoms with Crippen molar-refractivity contribution in [3.05, 3.63) is 115 Å². The summed E-state index contributed by atoms with van der Waals surface area (Å²) in [6, 6.07) is 35.9. The van der Waals surface area contributed by atoms with Crippen molar-refractivity contribution in [2.24, 2.45) is 0 Å². The second kappa shape index (κ2) is 8.48. The molecule has 0 aliphatic rings. The van der Waals surface area contributed by atoms with E-state index in [1.807, 2.05) is 50.3 Å². The molecule has 3 aromatic heterocycles. The van der Waals surface area contributed by atoms with Gasteiger partial charge in [0.25, 0.3) is 0 Å². The SMILES string of the molecule is C/C=C(\C)c1nc(-c2ccccc2)nc(-n2c3cccc4c5cccc6oc7cccc(c8cccc2c8c43)c7c65)n1. The third-order valence-corrected chi connectivity index (χ3v) is 8.56.